The Morgan fingerprint density at radius 1 is 1.21 bits per heavy atom. The highest BCUT2D eigenvalue weighted by Gasteiger charge is 2.12. The molecule has 0 fully saturated rings. The first-order valence-electron chi connectivity index (χ1n) is 10.8. The van der Waals surface area contributed by atoms with Crippen molar-refractivity contribution in [3.8, 4) is 11.5 Å². The summed E-state index contributed by atoms with van der Waals surface area (Å²) in [5, 5.41) is 9.88. The number of likely N-dealkylation sites (N-methyl/N-ethyl adjacent to an activating group) is 1. The smallest absolute Gasteiger partial charge is 0.244 e. The molecule has 1 aromatic carbocycles. The van der Waals surface area contributed by atoms with Crippen LogP contribution in [0.2, 0.25) is 0 Å². The molecule has 0 aliphatic carbocycles. The van der Waals surface area contributed by atoms with Crippen molar-refractivity contribution >= 4 is 23.5 Å². The molecule has 0 atom stereocenters. The number of aromatic nitrogens is 4. The highest BCUT2D eigenvalue weighted by molar-refractivity contribution is 5.90. The molecule has 0 aliphatic heterocycles. The van der Waals surface area contributed by atoms with E-state index in [1.807, 2.05) is 25.1 Å². The van der Waals surface area contributed by atoms with Crippen molar-refractivity contribution in [3.63, 3.8) is 0 Å². The summed E-state index contributed by atoms with van der Waals surface area (Å²) in [7, 11) is 3.32. The molecule has 11 heteroatoms. The number of nitrogens with one attached hydrogen (secondary N) is 2. The van der Waals surface area contributed by atoms with E-state index >= 15 is 0 Å². The molecule has 0 unspecified atom stereocenters. The molecule has 0 spiro atoms. The number of aryl methyl sites for hydroxylation is 1. The monoisotopic (exact) mass is 467 g/mol. The number of amides is 2. The summed E-state index contributed by atoms with van der Waals surface area (Å²) in [4.78, 5) is 34.2. The molecule has 3 aromatic rings. The zero-order chi connectivity index (χ0) is 24.3. The fourth-order valence-electron chi connectivity index (χ4n) is 2.99. The average Bonchev–Trinajstić information content (AvgIpc) is 3.27. The van der Waals surface area contributed by atoms with Gasteiger partial charge in [0.1, 0.15) is 24.7 Å². The lowest BCUT2D eigenvalue weighted by atomic mass is 10.2. The lowest BCUT2D eigenvalue weighted by molar-refractivity contribution is -0.131. The van der Waals surface area contributed by atoms with Gasteiger partial charge in [0.15, 0.2) is 0 Å². The summed E-state index contributed by atoms with van der Waals surface area (Å²) in [6.45, 7) is 3.16. The van der Waals surface area contributed by atoms with Crippen molar-refractivity contribution in [2.75, 3.05) is 44.5 Å². The first-order valence-corrected chi connectivity index (χ1v) is 10.8. The van der Waals surface area contributed by atoms with Crippen molar-refractivity contribution in [1.82, 2.24) is 24.6 Å². The van der Waals surface area contributed by atoms with E-state index in [0.717, 1.165) is 11.3 Å². The average molecular weight is 468 g/mol. The maximum absolute atomic E-state index is 12.5. The van der Waals surface area contributed by atoms with Gasteiger partial charge in [-0.25, -0.2) is 9.97 Å². The topological polar surface area (TPSA) is 124 Å². The van der Waals surface area contributed by atoms with Crippen molar-refractivity contribution in [1.29, 1.82) is 0 Å². The second-order valence-electron chi connectivity index (χ2n) is 7.52. The van der Waals surface area contributed by atoms with Crippen LogP contribution >= 0.6 is 0 Å². The van der Waals surface area contributed by atoms with Gasteiger partial charge in [-0.15, -0.1) is 0 Å². The van der Waals surface area contributed by atoms with Gasteiger partial charge < -0.3 is 25.0 Å². The molecular weight excluding hydrogens is 438 g/mol. The zero-order valence-electron chi connectivity index (χ0n) is 19.5. The zero-order valence-corrected chi connectivity index (χ0v) is 19.5. The molecule has 2 amide bonds. The van der Waals surface area contributed by atoms with Crippen LogP contribution in [0.25, 0.3) is 0 Å². The van der Waals surface area contributed by atoms with Crippen LogP contribution < -0.4 is 20.1 Å². The van der Waals surface area contributed by atoms with Crippen molar-refractivity contribution < 1.29 is 19.1 Å². The van der Waals surface area contributed by atoms with Crippen LogP contribution in [-0.4, -0.2) is 70.3 Å². The fraction of sp³-hybridized carbons (Fsp3) is 0.348. The van der Waals surface area contributed by atoms with Crippen LogP contribution in [0.4, 0.5) is 11.6 Å². The third kappa shape index (κ3) is 7.47. The Balaban J connectivity index is 1.37. The minimum absolute atomic E-state index is 0.0532. The fourth-order valence-corrected chi connectivity index (χ4v) is 2.99. The number of ether oxygens (including phenoxy) is 2. The highest BCUT2D eigenvalue weighted by Crippen LogP contribution is 2.23. The van der Waals surface area contributed by atoms with Gasteiger partial charge in [0, 0.05) is 44.7 Å². The normalized spacial score (nSPS) is 10.4. The van der Waals surface area contributed by atoms with Gasteiger partial charge in [-0.1, -0.05) is 6.07 Å². The van der Waals surface area contributed by atoms with Crippen molar-refractivity contribution in [2.45, 2.75) is 19.9 Å². The molecule has 34 heavy (non-hydrogen) atoms. The van der Waals surface area contributed by atoms with E-state index in [1.54, 1.807) is 43.7 Å². The molecule has 180 valence electrons. The molecule has 0 bridgehead atoms. The lowest BCUT2D eigenvalue weighted by Gasteiger charge is -2.18. The minimum atomic E-state index is -0.184. The number of anilines is 2. The molecule has 0 radical (unpaired) electrons. The third-order valence-electron chi connectivity index (χ3n) is 4.92. The number of benzene rings is 1. The van der Waals surface area contributed by atoms with Crippen molar-refractivity contribution in [3.05, 3.63) is 54.6 Å². The number of carbonyl (C=O) groups is 2. The summed E-state index contributed by atoms with van der Waals surface area (Å²) in [6, 6.07) is 7.33. The summed E-state index contributed by atoms with van der Waals surface area (Å²) < 4.78 is 12.5. The largest absolute Gasteiger partial charge is 0.496 e. The molecule has 3 rings (SSSR count). The van der Waals surface area contributed by atoms with Gasteiger partial charge in [-0.05, 0) is 24.6 Å². The molecule has 0 saturated carbocycles. The second kappa shape index (κ2) is 12.2. The molecule has 2 N–H and O–H groups in total. The van der Waals surface area contributed by atoms with E-state index in [9.17, 15) is 9.59 Å². The molecule has 2 heterocycles. The Morgan fingerprint density at radius 2 is 2.00 bits per heavy atom. The Hall–Kier alpha value is -4.15. The van der Waals surface area contributed by atoms with Crippen LogP contribution in [0.1, 0.15) is 12.0 Å². The number of carbonyl (C=O) groups excluding carboxylic acids is 2. The van der Waals surface area contributed by atoms with Gasteiger partial charge in [0.25, 0.3) is 0 Å². The number of methoxy groups -OCH3 is 1. The standard InChI is InChI=1S/C23H29N7O4/c1-17-5-6-19(13-20(17)33-3)34-12-11-29(2)22(32)16-30-15-18(14-27-30)28-21(31)7-10-26-23-24-8-4-9-25-23/h4-6,8-9,13-15H,7,10-12,16H2,1-3H3,(H,28,31)(H,24,25,26). The van der Waals surface area contributed by atoms with E-state index in [1.165, 1.54) is 10.9 Å². The second-order valence-corrected chi connectivity index (χ2v) is 7.52. The first kappa shape index (κ1) is 24.5. The predicted octanol–water partition coefficient (Wildman–Crippen LogP) is 1.97. The van der Waals surface area contributed by atoms with Crippen LogP contribution in [0.5, 0.6) is 11.5 Å². The maximum Gasteiger partial charge on any atom is 0.244 e. The molecule has 0 aliphatic rings. The number of rotatable bonds is 12. The molecule has 0 saturated heterocycles. The maximum atomic E-state index is 12.5. The van der Waals surface area contributed by atoms with Gasteiger partial charge >= 0.3 is 0 Å². The van der Waals surface area contributed by atoms with Crippen LogP contribution in [0.3, 0.4) is 0 Å². The SMILES string of the molecule is COc1cc(OCCN(C)C(=O)Cn2cc(NC(=O)CCNc3ncccn3)cn2)ccc1C. The van der Waals surface area contributed by atoms with Gasteiger partial charge in [0.05, 0.1) is 25.5 Å². The minimum Gasteiger partial charge on any atom is -0.496 e. The third-order valence-corrected chi connectivity index (χ3v) is 4.92. The number of hydrogen-bond acceptors (Lipinski definition) is 8. The number of hydrogen-bond donors (Lipinski definition) is 2. The van der Waals surface area contributed by atoms with E-state index in [4.69, 9.17) is 9.47 Å². The van der Waals surface area contributed by atoms with Crippen LogP contribution in [0, 0.1) is 6.92 Å². The Bertz CT molecular complexity index is 1090. The summed E-state index contributed by atoms with van der Waals surface area (Å²) in [5.41, 5.74) is 1.54. The van der Waals surface area contributed by atoms with E-state index < -0.39 is 0 Å². The van der Waals surface area contributed by atoms with E-state index in [-0.39, 0.29) is 24.8 Å². The molecular formula is C23H29N7O4. The molecule has 11 nitrogen and oxygen atoms in total. The van der Waals surface area contributed by atoms with E-state index in [0.29, 0.717) is 37.1 Å². The lowest BCUT2D eigenvalue weighted by Crippen LogP contribution is -2.33. The Kier molecular flexibility index (Phi) is 8.78. The van der Waals surface area contributed by atoms with Gasteiger partial charge in [0.2, 0.25) is 17.8 Å². The summed E-state index contributed by atoms with van der Waals surface area (Å²) in [5.74, 6) is 1.59. The van der Waals surface area contributed by atoms with Crippen molar-refractivity contribution in [2.24, 2.45) is 0 Å². The van der Waals surface area contributed by atoms with Crippen LogP contribution in [-0.2, 0) is 16.1 Å². The quantitative estimate of drug-likeness (QED) is 0.414. The highest BCUT2D eigenvalue weighted by atomic mass is 16.5. The number of nitrogens with zero attached hydrogens (tertiary/aromatic N) is 5. The van der Waals surface area contributed by atoms with E-state index in [2.05, 4.69) is 25.7 Å². The Morgan fingerprint density at radius 3 is 2.76 bits per heavy atom. The first-order chi connectivity index (χ1) is 16.4. The summed E-state index contributed by atoms with van der Waals surface area (Å²) >= 11 is 0. The van der Waals surface area contributed by atoms with Gasteiger partial charge in [-0.3, -0.25) is 14.3 Å². The Labute approximate surface area is 198 Å². The van der Waals surface area contributed by atoms with Crippen LogP contribution in [0.15, 0.2) is 49.1 Å². The summed E-state index contributed by atoms with van der Waals surface area (Å²) in [6.07, 6.45) is 6.60. The predicted molar refractivity (Wildman–Crippen MR) is 127 cm³/mol. The molecule has 2 aromatic heterocycles. The van der Waals surface area contributed by atoms with Gasteiger partial charge in [-0.2, -0.15) is 5.10 Å².